The molecule has 0 radical (unpaired) electrons. The number of fused-ring (bicyclic) bond motifs is 1. The number of ketones is 1. The molecule has 3 aromatic rings. The van der Waals surface area contributed by atoms with Crippen LogP contribution in [0.1, 0.15) is 15.4 Å². The fraction of sp³-hybridized carbons (Fsp3) is 0.222. The Balaban J connectivity index is 1.73. The maximum Gasteiger partial charge on any atom is 0.221 e. The van der Waals surface area contributed by atoms with Gasteiger partial charge in [-0.3, -0.25) is 4.79 Å². The molecule has 0 spiro atoms. The fourth-order valence-corrected chi connectivity index (χ4v) is 3.11. The van der Waals surface area contributed by atoms with Gasteiger partial charge in [-0.15, -0.1) is 11.3 Å². The number of aromatic nitrogens is 1. The second-order valence-electron chi connectivity index (χ2n) is 5.15. The Labute approximate surface area is 148 Å². The summed E-state index contributed by atoms with van der Waals surface area (Å²) >= 11 is 1.24. The van der Waals surface area contributed by atoms with Crippen molar-refractivity contribution in [3.8, 4) is 5.75 Å². The van der Waals surface area contributed by atoms with Crippen molar-refractivity contribution in [1.82, 2.24) is 4.98 Å². The molecule has 0 aliphatic rings. The lowest BCUT2D eigenvalue weighted by Gasteiger charge is -2.06. The van der Waals surface area contributed by atoms with E-state index in [2.05, 4.69) is 4.98 Å². The van der Waals surface area contributed by atoms with E-state index in [1.165, 1.54) is 29.5 Å². The third-order valence-corrected chi connectivity index (χ3v) is 4.40. The van der Waals surface area contributed by atoms with Crippen LogP contribution in [0.5, 0.6) is 5.75 Å². The number of halogens is 1. The summed E-state index contributed by atoms with van der Waals surface area (Å²) in [6, 6.07) is 10.9. The molecule has 25 heavy (non-hydrogen) atoms. The van der Waals surface area contributed by atoms with Crippen LogP contribution >= 0.6 is 11.3 Å². The number of carbonyl (C=O) groups excluding carboxylic acids is 1. The van der Waals surface area contributed by atoms with Crippen molar-refractivity contribution in [3.05, 3.63) is 58.9 Å². The van der Waals surface area contributed by atoms with Crippen LogP contribution in [-0.4, -0.2) is 37.9 Å². The summed E-state index contributed by atoms with van der Waals surface area (Å²) in [6.07, 6.45) is 0. The van der Waals surface area contributed by atoms with Gasteiger partial charge in [-0.2, -0.15) is 0 Å². The highest BCUT2D eigenvalue weighted by Gasteiger charge is 2.15. The van der Waals surface area contributed by atoms with Crippen LogP contribution in [0.25, 0.3) is 10.2 Å². The number of hydrogen-bond acceptors (Lipinski definition) is 6. The predicted molar refractivity (Wildman–Crippen MR) is 92.8 cm³/mol. The van der Waals surface area contributed by atoms with Crippen LogP contribution in [0.4, 0.5) is 4.39 Å². The van der Waals surface area contributed by atoms with Crippen LogP contribution in [0.15, 0.2) is 42.5 Å². The average Bonchev–Trinajstić information content (AvgIpc) is 3.04. The molecule has 0 saturated carbocycles. The summed E-state index contributed by atoms with van der Waals surface area (Å²) in [6.45, 7) is 1.07. The number of methoxy groups -OCH3 is 1. The van der Waals surface area contributed by atoms with Crippen LogP contribution in [-0.2, 0) is 9.47 Å². The first-order valence-corrected chi connectivity index (χ1v) is 8.39. The van der Waals surface area contributed by atoms with Gasteiger partial charge in [0.2, 0.25) is 5.78 Å². The topological polar surface area (TPSA) is 57.6 Å². The van der Waals surface area contributed by atoms with Gasteiger partial charge in [0.25, 0.3) is 0 Å². The number of thiazole rings is 1. The van der Waals surface area contributed by atoms with Crippen molar-refractivity contribution >= 4 is 27.3 Å². The average molecular weight is 361 g/mol. The van der Waals surface area contributed by atoms with Crippen molar-refractivity contribution in [2.75, 3.05) is 27.1 Å². The largest absolute Gasteiger partial charge is 0.468 e. The van der Waals surface area contributed by atoms with Crippen molar-refractivity contribution in [3.63, 3.8) is 0 Å². The van der Waals surface area contributed by atoms with Crippen molar-refractivity contribution in [2.45, 2.75) is 0 Å². The molecule has 0 unspecified atom stereocenters. The summed E-state index contributed by atoms with van der Waals surface area (Å²) in [5.41, 5.74) is 0.972. The zero-order chi connectivity index (χ0) is 17.6. The Hall–Kier alpha value is -2.35. The van der Waals surface area contributed by atoms with E-state index in [1.54, 1.807) is 31.4 Å². The van der Waals surface area contributed by atoms with E-state index in [-0.39, 0.29) is 18.1 Å². The second-order valence-corrected chi connectivity index (χ2v) is 6.18. The summed E-state index contributed by atoms with van der Waals surface area (Å²) in [5.74, 6) is -0.125. The highest BCUT2D eigenvalue weighted by atomic mass is 32.1. The van der Waals surface area contributed by atoms with E-state index >= 15 is 0 Å². The molecule has 0 bridgehead atoms. The van der Waals surface area contributed by atoms with Crippen LogP contribution < -0.4 is 4.74 Å². The normalized spacial score (nSPS) is 11.0. The minimum absolute atomic E-state index is 0.114. The van der Waals surface area contributed by atoms with Gasteiger partial charge in [-0.1, -0.05) is 12.1 Å². The van der Waals surface area contributed by atoms with Crippen LogP contribution in [0, 0.1) is 5.82 Å². The minimum atomic E-state index is -0.448. The standard InChI is InChI=1S/C18H16FNO4S/c1-22-7-8-23-11-24-14-5-6-15-16(10-14)25-18(20-15)17(21)12-3-2-4-13(19)9-12/h2-6,9-10H,7-8,11H2,1H3. The molecule has 0 saturated heterocycles. The van der Waals surface area contributed by atoms with E-state index < -0.39 is 5.82 Å². The summed E-state index contributed by atoms with van der Waals surface area (Å²) in [7, 11) is 1.60. The molecule has 1 heterocycles. The van der Waals surface area contributed by atoms with Gasteiger partial charge in [0.05, 0.1) is 23.4 Å². The maximum atomic E-state index is 13.3. The number of ether oxygens (including phenoxy) is 3. The monoisotopic (exact) mass is 361 g/mol. The van der Waals surface area contributed by atoms with Gasteiger partial charge >= 0.3 is 0 Å². The lowest BCUT2D eigenvalue weighted by Crippen LogP contribution is -2.07. The molecule has 0 N–H and O–H groups in total. The molecule has 130 valence electrons. The summed E-state index contributed by atoms with van der Waals surface area (Å²) in [5, 5.41) is 0.314. The first-order valence-electron chi connectivity index (χ1n) is 7.58. The highest BCUT2D eigenvalue weighted by Crippen LogP contribution is 2.28. The van der Waals surface area contributed by atoms with E-state index in [1.807, 2.05) is 0 Å². The molecule has 0 fully saturated rings. The Morgan fingerprint density at radius 3 is 2.88 bits per heavy atom. The lowest BCUT2D eigenvalue weighted by molar-refractivity contribution is -0.00840. The maximum absolute atomic E-state index is 13.3. The molecule has 0 atom stereocenters. The van der Waals surface area contributed by atoms with Gasteiger partial charge in [-0.25, -0.2) is 9.37 Å². The summed E-state index contributed by atoms with van der Waals surface area (Å²) in [4.78, 5) is 16.8. The molecular weight excluding hydrogens is 345 g/mol. The Morgan fingerprint density at radius 1 is 1.20 bits per heavy atom. The smallest absolute Gasteiger partial charge is 0.221 e. The third kappa shape index (κ3) is 4.39. The van der Waals surface area contributed by atoms with Crippen molar-refractivity contribution < 1.29 is 23.4 Å². The molecule has 0 aliphatic carbocycles. The molecular formula is C18H16FNO4S. The Morgan fingerprint density at radius 2 is 2.08 bits per heavy atom. The first kappa shape index (κ1) is 17.5. The quantitative estimate of drug-likeness (QED) is 0.348. The lowest BCUT2D eigenvalue weighted by atomic mass is 10.1. The van der Waals surface area contributed by atoms with Crippen molar-refractivity contribution in [2.24, 2.45) is 0 Å². The molecule has 0 aliphatic heterocycles. The Kier molecular flexibility index (Phi) is 5.70. The predicted octanol–water partition coefficient (Wildman–Crippen LogP) is 3.67. The number of hydrogen-bond donors (Lipinski definition) is 0. The number of carbonyl (C=O) groups is 1. The van der Waals surface area contributed by atoms with E-state index in [0.29, 0.717) is 29.5 Å². The van der Waals surface area contributed by atoms with Gasteiger partial charge in [0.15, 0.2) is 11.8 Å². The minimum Gasteiger partial charge on any atom is -0.468 e. The van der Waals surface area contributed by atoms with Gasteiger partial charge in [0.1, 0.15) is 11.6 Å². The molecule has 0 amide bonds. The fourth-order valence-electron chi connectivity index (χ4n) is 2.16. The molecule has 1 aromatic heterocycles. The zero-order valence-corrected chi connectivity index (χ0v) is 14.3. The van der Waals surface area contributed by atoms with Gasteiger partial charge in [-0.05, 0) is 30.3 Å². The number of rotatable bonds is 8. The van der Waals surface area contributed by atoms with Crippen molar-refractivity contribution in [1.29, 1.82) is 0 Å². The first-order chi connectivity index (χ1) is 12.2. The van der Waals surface area contributed by atoms with E-state index in [9.17, 15) is 9.18 Å². The van der Waals surface area contributed by atoms with E-state index in [4.69, 9.17) is 14.2 Å². The molecule has 5 nitrogen and oxygen atoms in total. The number of nitrogens with zero attached hydrogens (tertiary/aromatic N) is 1. The molecule has 3 rings (SSSR count). The summed E-state index contributed by atoms with van der Waals surface area (Å²) < 4.78 is 29.7. The third-order valence-electron chi connectivity index (χ3n) is 3.38. The molecule has 2 aromatic carbocycles. The Bertz CT molecular complexity index is 880. The highest BCUT2D eigenvalue weighted by molar-refractivity contribution is 7.20. The number of benzene rings is 2. The van der Waals surface area contributed by atoms with E-state index in [0.717, 1.165) is 4.70 Å². The van der Waals surface area contributed by atoms with Crippen LogP contribution in [0.3, 0.4) is 0 Å². The van der Waals surface area contributed by atoms with Crippen LogP contribution in [0.2, 0.25) is 0 Å². The SMILES string of the molecule is COCCOCOc1ccc2nc(C(=O)c3cccc(F)c3)sc2c1. The molecule has 7 heteroatoms. The van der Waals surface area contributed by atoms with Gasteiger partial charge < -0.3 is 14.2 Å². The zero-order valence-electron chi connectivity index (χ0n) is 13.5. The van der Waals surface area contributed by atoms with Gasteiger partial charge in [0, 0.05) is 12.7 Å². The second kappa shape index (κ2) is 8.15.